The molecule has 2 aliphatic rings. The van der Waals surface area contributed by atoms with Crippen LogP contribution in [0.1, 0.15) is 30.5 Å². The maximum atomic E-state index is 14.4. The van der Waals surface area contributed by atoms with Gasteiger partial charge >= 0.3 is 0 Å². The molecule has 1 atom stereocenters. The molecule has 3 heterocycles. The summed E-state index contributed by atoms with van der Waals surface area (Å²) in [6, 6.07) is 5.12. The van der Waals surface area contributed by atoms with Crippen LogP contribution in [0.25, 0.3) is 0 Å². The lowest BCUT2D eigenvalue weighted by Crippen LogP contribution is -2.65. The van der Waals surface area contributed by atoms with Crippen LogP contribution < -0.4 is 4.90 Å². The quantitative estimate of drug-likeness (QED) is 0.745. The number of hydrogen-bond acceptors (Lipinski definition) is 4. The summed E-state index contributed by atoms with van der Waals surface area (Å²) in [5.41, 5.74) is 1.82. The summed E-state index contributed by atoms with van der Waals surface area (Å²) < 4.78 is 33.3. The van der Waals surface area contributed by atoms with Crippen molar-refractivity contribution in [3.05, 3.63) is 58.8 Å². The van der Waals surface area contributed by atoms with Crippen molar-refractivity contribution in [1.82, 2.24) is 9.88 Å². The fraction of sp³-hybridized carbons (Fsp3) is 0.435. The number of benzene rings is 1. The van der Waals surface area contributed by atoms with E-state index in [1.54, 1.807) is 26.0 Å². The molecule has 2 fully saturated rings. The summed E-state index contributed by atoms with van der Waals surface area (Å²) in [5, 5.41) is 0. The Morgan fingerprint density at radius 3 is 2.39 bits per heavy atom. The molecule has 2 aromatic rings. The molecule has 31 heavy (non-hydrogen) atoms. The third kappa shape index (κ3) is 4.58. The molecule has 1 aromatic heterocycles. The highest BCUT2D eigenvalue weighted by Gasteiger charge is 2.47. The van der Waals surface area contributed by atoms with Gasteiger partial charge in [-0.1, -0.05) is 26.0 Å². The summed E-state index contributed by atoms with van der Waals surface area (Å²) in [7, 11) is 0. The van der Waals surface area contributed by atoms with E-state index in [9.17, 15) is 18.4 Å². The van der Waals surface area contributed by atoms with Crippen LogP contribution in [0.4, 0.5) is 14.6 Å². The number of hydrogen-bond donors (Lipinski definition) is 0. The first-order valence-electron chi connectivity index (χ1n) is 10.4. The predicted octanol–water partition coefficient (Wildman–Crippen LogP) is 3.39. The van der Waals surface area contributed by atoms with Crippen LogP contribution in [-0.2, 0) is 20.9 Å². The Morgan fingerprint density at radius 2 is 1.81 bits per heavy atom. The number of piperazine rings is 1. The van der Waals surface area contributed by atoms with Gasteiger partial charge in [0, 0.05) is 18.7 Å². The third-order valence-corrected chi connectivity index (χ3v) is 5.37. The zero-order chi connectivity index (χ0) is 22.7. The predicted molar refractivity (Wildman–Crippen MR) is 112 cm³/mol. The van der Waals surface area contributed by atoms with Gasteiger partial charge < -0.3 is 9.64 Å². The highest BCUT2D eigenvalue weighted by molar-refractivity contribution is 6.06. The van der Waals surface area contributed by atoms with Crippen molar-refractivity contribution in [2.45, 2.75) is 40.3 Å². The number of carbonyl (C=O) groups excluding carboxylic acids is 2. The molecular weight excluding hydrogens is 404 g/mol. The van der Waals surface area contributed by atoms with Gasteiger partial charge in [-0.15, -0.1) is 0 Å². The Hall–Kier alpha value is -2.87. The standard InChI is InChI=1S/C21H21F2N3O3.C2H6/c1-12-5-17(23)20(24-7-12)26-9-18(27)25(19(21(26)28)15-10-29-11-15)8-14-3-4-16(22)13(2)6-14;1-2/h3-7,15,19H,8-11H2,1-2H3;1-2H3/t19-;/m1./s1. The minimum absolute atomic E-state index is 0.142. The number of nitrogens with zero attached hydrogens (tertiary/aromatic N) is 3. The first-order valence-corrected chi connectivity index (χ1v) is 10.4. The number of pyridine rings is 1. The topological polar surface area (TPSA) is 62.7 Å². The van der Waals surface area contributed by atoms with Gasteiger partial charge in [0.05, 0.1) is 13.2 Å². The van der Waals surface area contributed by atoms with E-state index in [2.05, 4.69) is 4.98 Å². The van der Waals surface area contributed by atoms with Crippen molar-refractivity contribution in [3.63, 3.8) is 0 Å². The summed E-state index contributed by atoms with van der Waals surface area (Å²) in [4.78, 5) is 32.9. The molecule has 166 valence electrons. The van der Waals surface area contributed by atoms with Gasteiger partial charge in [0.25, 0.3) is 5.91 Å². The van der Waals surface area contributed by atoms with Crippen LogP contribution in [0, 0.1) is 31.4 Å². The van der Waals surface area contributed by atoms with Crippen molar-refractivity contribution in [1.29, 1.82) is 0 Å². The lowest BCUT2D eigenvalue weighted by atomic mass is 9.92. The Bertz CT molecular complexity index is 979. The second-order valence-electron chi connectivity index (χ2n) is 7.59. The van der Waals surface area contributed by atoms with Crippen molar-refractivity contribution < 1.29 is 23.1 Å². The highest BCUT2D eigenvalue weighted by Crippen LogP contribution is 2.30. The van der Waals surface area contributed by atoms with Gasteiger partial charge in [0.1, 0.15) is 18.4 Å². The van der Waals surface area contributed by atoms with Crippen LogP contribution in [-0.4, -0.2) is 47.5 Å². The van der Waals surface area contributed by atoms with Gasteiger partial charge in [-0.2, -0.15) is 0 Å². The van der Waals surface area contributed by atoms with Gasteiger partial charge in [0.2, 0.25) is 5.91 Å². The summed E-state index contributed by atoms with van der Waals surface area (Å²) in [6.45, 7) is 7.91. The van der Waals surface area contributed by atoms with Crippen molar-refractivity contribution in [2.75, 3.05) is 24.7 Å². The lowest BCUT2D eigenvalue weighted by Gasteiger charge is -2.45. The van der Waals surface area contributed by atoms with Crippen LogP contribution in [0.5, 0.6) is 0 Å². The van der Waals surface area contributed by atoms with Gasteiger partial charge in [-0.3, -0.25) is 14.5 Å². The molecule has 2 aliphatic heterocycles. The van der Waals surface area contributed by atoms with E-state index in [1.807, 2.05) is 13.8 Å². The minimum Gasteiger partial charge on any atom is -0.380 e. The van der Waals surface area contributed by atoms with E-state index in [-0.39, 0.29) is 42.5 Å². The van der Waals surface area contributed by atoms with Crippen molar-refractivity contribution in [2.24, 2.45) is 5.92 Å². The molecule has 0 bridgehead atoms. The Balaban J connectivity index is 0.00000132. The number of carbonyl (C=O) groups is 2. The number of halogens is 2. The minimum atomic E-state index is -0.780. The molecule has 1 aromatic carbocycles. The van der Waals surface area contributed by atoms with Crippen LogP contribution in [0.3, 0.4) is 0 Å². The number of amides is 2. The number of ether oxygens (including phenoxy) is 1. The Morgan fingerprint density at radius 1 is 1.10 bits per heavy atom. The average Bonchev–Trinajstić information content (AvgIpc) is 2.70. The summed E-state index contributed by atoms with van der Waals surface area (Å²) in [6.07, 6.45) is 1.46. The fourth-order valence-electron chi connectivity index (χ4n) is 3.74. The molecule has 4 rings (SSSR count). The Labute approximate surface area is 180 Å². The zero-order valence-electron chi connectivity index (χ0n) is 18.2. The first kappa shape index (κ1) is 22.8. The molecule has 8 heteroatoms. The van der Waals surface area contributed by atoms with Crippen LogP contribution >= 0.6 is 0 Å². The maximum Gasteiger partial charge on any atom is 0.251 e. The fourth-order valence-corrected chi connectivity index (χ4v) is 3.74. The monoisotopic (exact) mass is 431 g/mol. The maximum absolute atomic E-state index is 14.4. The second-order valence-corrected chi connectivity index (χ2v) is 7.59. The van der Waals surface area contributed by atoms with Crippen LogP contribution in [0.2, 0.25) is 0 Å². The molecule has 0 N–H and O–H groups in total. The third-order valence-electron chi connectivity index (χ3n) is 5.37. The molecule has 0 aliphatic carbocycles. The molecule has 2 amide bonds. The SMILES string of the molecule is CC.Cc1cnc(N2CC(=O)N(Cc3ccc(F)c(C)c3)[C@H](C3COC3)C2=O)c(F)c1. The molecular formula is C23H27F2N3O3. The molecule has 2 saturated heterocycles. The van der Waals surface area contributed by atoms with Gasteiger partial charge in [-0.05, 0) is 42.7 Å². The number of aryl methyl sites for hydroxylation is 2. The van der Waals surface area contributed by atoms with E-state index in [0.29, 0.717) is 24.3 Å². The van der Waals surface area contributed by atoms with E-state index in [4.69, 9.17) is 4.74 Å². The molecule has 6 nitrogen and oxygen atoms in total. The van der Waals surface area contributed by atoms with Crippen LogP contribution in [0.15, 0.2) is 30.5 Å². The molecule has 0 saturated carbocycles. The lowest BCUT2D eigenvalue weighted by molar-refractivity contribution is -0.155. The molecule has 0 unspecified atom stereocenters. The summed E-state index contributed by atoms with van der Waals surface area (Å²) >= 11 is 0. The number of aromatic nitrogens is 1. The number of anilines is 1. The second kappa shape index (κ2) is 9.51. The van der Waals surface area contributed by atoms with E-state index in [1.165, 1.54) is 23.2 Å². The zero-order valence-corrected chi connectivity index (χ0v) is 18.2. The normalized spacial score (nSPS) is 19.1. The molecule has 0 spiro atoms. The van der Waals surface area contributed by atoms with Crippen molar-refractivity contribution in [3.8, 4) is 0 Å². The first-order chi connectivity index (χ1) is 14.8. The Kier molecular flexibility index (Phi) is 7.00. The highest BCUT2D eigenvalue weighted by atomic mass is 19.1. The van der Waals surface area contributed by atoms with E-state index >= 15 is 0 Å². The largest absolute Gasteiger partial charge is 0.380 e. The van der Waals surface area contributed by atoms with E-state index in [0.717, 1.165) is 10.5 Å². The van der Waals surface area contributed by atoms with E-state index < -0.39 is 11.9 Å². The van der Waals surface area contributed by atoms with Gasteiger partial charge in [0.15, 0.2) is 11.6 Å². The smallest absolute Gasteiger partial charge is 0.251 e. The van der Waals surface area contributed by atoms with Crippen molar-refractivity contribution >= 4 is 17.6 Å². The average molecular weight is 431 g/mol. The number of rotatable bonds is 4. The molecule has 0 radical (unpaired) electrons. The van der Waals surface area contributed by atoms with Gasteiger partial charge in [-0.25, -0.2) is 13.8 Å². The summed E-state index contributed by atoms with van der Waals surface area (Å²) in [5.74, 6) is -1.98.